The van der Waals surface area contributed by atoms with Crippen LogP contribution in [-0.4, -0.2) is 26.9 Å². The van der Waals surface area contributed by atoms with Gasteiger partial charge in [0.25, 0.3) is 0 Å². The second kappa shape index (κ2) is 18.1. The molecule has 0 saturated carbocycles. The van der Waals surface area contributed by atoms with Gasteiger partial charge >= 0.3 is 0 Å². The van der Waals surface area contributed by atoms with E-state index in [0.717, 1.165) is 30.0 Å². The fourth-order valence-electron chi connectivity index (χ4n) is 4.12. The van der Waals surface area contributed by atoms with Crippen molar-refractivity contribution in [1.82, 2.24) is 0 Å². The third-order valence-corrected chi connectivity index (χ3v) is 6.38. The van der Waals surface area contributed by atoms with Gasteiger partial charge in [0.1, 0.15) is 5.75 Å². The van der Waals surface area contributed by atoms with Gasteiger partial charge < -0.3 is 9.64 Å². The van der Waals surface area contributed by atoms with E-state index in [1.807, 2.05) is 44.6 Å². The molecular formula is C31H48N2O. The third-order valence-electron chi connectivity index (χ3n) is 6.38. The topological polar surface area (TPSA) is 24.8 Å². The zero-order valence-corrected chi connectivity index (χ0v) is 22.1. The highest BCUT2D eigenvalue weighted by molar-refractivity contribution is 5.82. The minimum atomic E-state index is 0.804. The van der Waals surface area contributed by atoms with Gasteiger partial charge in [-0.2, -0.15) is 0 Å². The lowest BCUT2D eigenvalue weighted by Crippen LogP contribution is -2.08. The molecule has 0 heterocycles. The third kappa shape index (κ3) is 12.8. The zero-order chi connectivity index (χ0) is 24.3. The van der Waals surface area contributed by atoms with Crippen molar-refractivity contribution in [2.24, 2.45) is 4.99 Å². The maximum absolute atomic E-state index is 5.91. The van der Waals surface area contributed by atoms with Gasteiger partial charge in [0.05, 0.1) is 12.3 Å². The van der Waals surface area contributed by atoms with Crippen molar-refractivity contribution < 1.29 is 4.74 Å². The van der Waals surface area contributed by atoms with Gasteiger partial charge in [-0.25, -0.2) is 0 Å². The van der Waals surface area contributed by atoms with Crippen molar-refractivity contribution in [2.45, 2.75) is 96.8 Å². The molecular weight excluding hydrogens is 416 g/mol. The average Bonchev–Trinajstić information content (AvgIpc) is 2.86. The summed E-state index contributed by atoms with van der Waals surface area (Å²) >= 11 is 0. The van der Waals surface area contributed by atoms with Crippen LogP contribution in [0.5, 0.6) is 5.75 Å². The van der Waals surface area contributed by atoms with Gasteiger partial charge in [0.15, 0.2) is 0 Å². The van der Waals surface area contributed by atoms with E-state index in [1.54, 1.807) is 0 Å². The first-order valence-corrected chi connectivity index (χ1v) is 13.7. The van der Waals surface area contributed by atoms with Gasteiger partial charge in [-0.3, -0.25) is 4.99 Å². The zero-order valence-electron chi connectivity index (χ0n) is 22.1. The summed E-state index contributed by atoms with van der Waals surface area (Å²) < 4.78 is 5.91. The number of anilines is 1. The lowest BCUT2D eigenvalue weighted by atomic mass is 10.0. The van der Waals surface area contributed by atoms with Crippen LogP contribution >= 0.6 is 0 Å². The lowest BCUT2D eigenvalue weighted by molar-refractivity contribution is 0.304. The first-order valence-electron chi connectivity index (χ1n) is 13.7. The van der Waals surface area contributed by atoms with E-state index in [4.69, 9.17) is 4.74 Å². The normalized spacial score (nSPS) is 11.3. The number of nitrogens with zero attached hydrogens (tertiary/aromatic N) is 2. The minimum absolute atomic E-state index is 0.804. The Bertz CT molecular complexity index is 765. The molecule has 3 heteroatoms. The molecule has 0 atom stereocenters. The Labute approximate surface area is 209 Å². The first kappa shape index (κ1) is 28.0. The van der Waals surface area contributed by atoms with Crippen LogP contribution in [0.25, 0.3) is 0 Å². The van der Waals surface area contributed by atoms with Crippen molar-refractivity contribution >= 4 is 17.6 Å². The summed E-state index contributed by atoms with van der Waals surface area (Å²) in [5, 5.41) is 0. The Morgan fingerprint density at radius 1 is 0.647 bits per heavy atom. The smallest absolute Gasteiger partial charge is 0.119 e. The van der Waals surface area contributed by atoms with Crippen molar-refractivity contribution in [3.8, 4) is 5.75 Å². The molecule has 34 heavy (non-hydrogen) atoms. The Morgan fingerprint density at radius 2 is 1.15 bits per heavy atom. The van der Waals surface area contributed by atoms with Crippen LogP contribution < -0.4 is 9.64 Å². The molecule has 0 spiro atoms. The van der Waals surface area contributed by atoms with Gasteiger partial charge in [-0.1, -0.05) is 103 Å². The van der Waals surface area contributed by atoms with Crippen LogP contribution in [-0.2, 0) is 0 Å². The molecule has 2 aromatic rings. The second-order valence-electron chi connectivity index (χ2n) is 9.68. The predicted octanol–water partition coefficient (Wildman–Crippen LogP) is 9.36. The summed E-state index contributed by atoms with van der Waals surface area (Å²) in [5.74, 6) is 0.934. The number of hydrogen-bond acceptors (Lipinski definition) is 3. The molecule has 0 aromatic heterocycles. The Balaban J connectivity index is 1.47. The second-order valence-corrected chi connectivity index (χ2v) is 9.68. The van der Waals surface area contributed by atoms with Crippen LogP contribution in [0, 0.1) is 0 Å². The summed E-state index contributed by atoms with van der Waals surface area (Å²) in [5.41, 5.74) is 3.24. The molecule has 3 nitrogen and oxygen atoms in total. The molecule has 188 valence electrons. The van der Waals surface area contributed by atoms with Crippen LogP contribution in [0.3, 0.4) is 0 Å². The molecule has 0 fully saturated rings. The minimum Gasteiger partial charge on any atom is -0.494 e. The summed E-state index contributed by atoms with van der Waals surface area (Å²) in [6.45, 7) is 3.09. The molecule has 0 radical (unpaired) electrons. The number of rotatable bonds is 19. The molecule has 0 aliphatic carbocycles. The standard InChI is InChI=1S/C31H48N2O/c1-4-5-6-7-8-9-10-11-12-13-14-15-16-17-26-34-31-24-20-29(21-25-31)32-27-28-18-22-30(23-19-28)33(2)3/h18-25,27H,4-17,26H2,1-3H3. The molecule has 0 saturated heterocycles. The Kier molecular flexibility index (Phi) is 14.9. The molecule has 0 unspecified atom stereocenters. The summed E-state index contributed by atoms with van der Waals surface area (Å²) in [7, 11) is 4.10. The van der Waals surface area contributed by atoms with Crippen LogP contribution in [0.4, 0.5) is 11.4 Å². The first-order chi connectivity index (χ1) is 16.7. The van der Waals surface area contributed by atoms with Crippen molar-refractivity contribution in [2.75, 3.05) is 25.6 Å². The highest BCUT2D eigenvalue weighted by Crippen LogP contribution is 2.19. The van der Waals surface area contributed by atoms with Gasteiger partial charge in [0.2, 0.25) is 0 Å². The molecule has 2 rings (SSSR count). The number of ether oxygens (including phenoxy) is 1. The maximum atomic E-state index is 5.91. The quantitative estimate of drug-likeness (QED) is 0.153. The number of benzene rings is 2. The highest BCUT2D eigenvalue weighted by atomic mass is 16.5. The monoisotopic (exact) mass is 464 g/mol. The average molecular weight is 465 g/mol. The van der Waals surface area contributed by atoms with E-state index in [0.29, 0.717) is 0 Å². The lowest BCUT2D eigenvalue weighted by Gasteiger charge is -2.11. The Hall–Kier alpha value is -2.29. The van der Waals surface area contributed by atoms with E-state index in [9.17, 15) is 0 Å². The summed E-state index contributed by atoms with van der Waals surface area (Å²) in [6, 6.07) is 16.5. The van der Waals surface area contributed by atoms with Gasteiger partial charge in [-0.05, 0) is 48.4 Å². The fraction of sp³-hybridized carbons (Fsp3) is 0.581. The highest BCUT2D eigenvalue weighted by Gasteiger charge is 1.98. The van der Waals surface area contributed by atoms with Gasteiger partial charge in [-0.15, -0.1) is 0 Å². The largest absolute Gasteiger partial charge is 0.494 e. The van der Waals surface area contributed by atoms with E-state index < -0.39 is 0 Å². The fourth-order valence-corrected chi connectivity index (χ4v) is 4.12. The molecule has 0 N–H and O–H groups in total. The van der Waals surface area contributed by atoms with Gasteiger partial charge in [0, 0.05) is 26.0 Å². The molecule has 0 aliphatic heterocycles. The summed E-state index contributed by atoms with van der Waals surface area (Å²) in [6.07, 6.45) is 21.3. The van der Waals surface area contributed by atoms with E-state index in [1.165, 1.54) is 89.2 Å². The van der Waals surface area contributed by atoms with E-state index in [2.05, 4.69) is 41.1 Å². The number of aliphatic imine (C=N–C) groups is 1. The predicted molar refractivity (Wildman–Crippen MR) is 150 cm³/mol. The number of hydrogen-bond donors (Lipinski definition) is 0. The molecule has 2 aromatic carbocycles. The molecule has 0 bridgehead atoms. The van der Waals surface area contributed by atoms with Crippen molar-refractivity contribution in [1.29, 1.82) is 0 Å². The van der Waals surface area contributed by atoms with Crippen LogP contribution in [0.2, 0.25) is 0 Å². The van der Waals surface area contributed by atoms with Crippen molar-refractivity contribution in [3.63, 3.8) is 0 Å². The van der Waals surface area contributed by atoms with Crippen molar-refractivity contribution in [3.05, 3.63) is 54.1 Å². The number of unbranched alkanes of at least 4 members (excludes halogenated alkanes) is 13. The molecule has 0 aliphatic rings. The summed E-state index contributed by atoms with van der Waals surface area (Å²) in [4.78, 5) is 6.67. The van der Waals surface area contributed by atoms with Crippen LogP contribution in [0.1, 0.15) is 102 Å². The maximum Gasteiger partial charge on any atom is 0.119 e. The Morgan fingerprint density at radius 3 is 1.65 bits per heavy atom. The SMILES string of the molecule is CCCCCCCCCCCCCCCCOc1ccc(N=Cc2ccc(N(C)C)cc2)cc1. The van der Waals surface area contributed by atoms with E-state index >= 15 is 0 Å². The van der Waals surface area contributed by atoms with Crippen LogP contribution in [0.15, 0.2) is 53.5 Å². The molecule has 0 amide bonds. The van der Waals surface area contributed by atoms with E-state index in [-0.39, 0.29) is 0 Å².